The largest absolute Gasteiger partial charge is 0.456 e. The van der Waals surface area contributed by atoms with Gasteiger partial charge in [0.1, 0.15) is 17.0 Å². The van der Waals surface area contributed by atoms with Crippen LogP contribution in [0.4, 0.5) is 0 Å². The summed E-state index contributed by atoms with van der Waals surface area (Å²) in [5, 5.41) is 4.57. The lowest BCUT2D eigenvalue weighted by molar-refractivity contribution is 0.669. The fourth-order valence-corrected chi connectivity index (χ4v) is 6.50. The van der Waals surface area contributed by atoms with Crippen LogP contribution in [0.2, 0.25) is 0 Å². The highest BCUT2D eigenvalue weighted by Crippen LogP contribution is 2.42. The summed E-state index contributed by atoms with van der Waals surface area (Å²) in [4.78, 5) is 10.3. The zero-order chi connectivity index (χ0) is 29.0. The average molecular weight is 564 g/mol. The highest BCUT2D eigenvalue weighted by Gasteiger charge is 2.21. The van der Waals surface area contributed by atoms with Crippen molar-refractivity contribution in [1.29, 1.82) is 0 Å². The van der Waals surface area contributed by atoms with E-state index < -0.39 is 0 Å². The van der Waals surface area contributed by atoms with E-state index in [1.807, 2.05) is 48.5 Å². The first-order chi connectivity index (χ1) is 21.8. The van der Waals surface area contributed by atoms with Crippen LogP contribution in [0.25, 0.3) is 83.3 Å². The minimum Gasteiger partial charge on any atom is -0.456 e. The molecule has 0 saturated carbocycles. The second-order valence-corrected chi connectivity index (χ2v) is 11.0. The van der Waals surface area contributed by atoms with Gasteiger partial charge in [-0.05, 0) is 23.8 Å². The van der Waals surface area contributed by atoms with Gasteiger partial charge in [-0.1, -0.05) is 127 Å². The van der Waals surface area contributed by atoms with E-state index in [4.69, 9.17) is 14.4 Å². The van der Waals surface area contributed by atoms with Gasteiger partial charge in [-0.3, -0.25) is 4.57 Å². The Kier molecular flexibility index (Phi) is 5.47. The van der Waals surface area contributed by atoms with Gasteiger partial charge in [0.15, 0.2) is 5.82 Å². The number of nitrogens with zero attached hydrogens (tertiary/aromatic N) is 3. The number of para-hydroxylation sites is 3. The van der Waals surface area contributed by atoms with Crippen molar-refractivity contribution in [2.24, 2.45) is 0 Å². The smallest absolute Gasteiger partial charge is 0.162 e. The molecule has 6 aromatic carbocycles. The molecule has 0 bridgehead atoms. The van der Waals surface area contributed by atoms with Crippen molar-refractivity contribution in [2.75, 3.05) is 0 Å². The summed E-state index contributed by atoms with van der Waals surface area (Å²) in [7, 11) is 0. The SMILES string of the molecule is c1ccc(-c2cc(-n3c4ccccc4c4cccc(-c5cccc6oc7ccccc7c56)c43)nc(-c3ccccc3)n2)cc1. The Labute approximate surface area is 253 Å². The summed E-state index contributed by atoms with van der Waals surface area (Å²) in [5.41, 5.74) is 9.10. The van der Waals surface area contributed by atoms with Crippen molar-refractivity contribution >= 4 is 43.7 Å². The fraction of sp³-hybridized carbons (Fsp3) is 0. The molecular formula is C40H25N3O. The van der Waals surface area contributed by atoms with E-state index in [-0.39, 0.29) is 0 Å². The molecule has 4 heteroatoms. The molecule has 0 spiro atoms. The molecule has 0 radical (unpaired) electrons. The van der Waals surface area contributed by atoms with Crippen molar-refractivity contribution in [1.82, 2.24) is 14.5 Å². The zero-order valence-electron chi connectivity index (χ0n) is 23.7. The van der Waals surface area contributed by atoms with E-state index >= 15 is 0 Å². The van der Waals surface area contributed by atoms with Crippen molar-refractivity contribution < 1.29 is 4.42 Å². The van der Waals surface area contributed by atoms with Crippen LogP contribution in [0.5, 0.6) is 0 Å². The molecule has 0 aliphatic rings. The molecule has 0 fully saturated rings. The van der Waals surface area contributed by atoms with Crippen LogP contribution in [0.15, 0.2) is 156 Å². The molecule has 3 aromatic heterocycles. The Morgan fingerprint density at radius 2 is 1.11 bits per heavy atom. The Balaban J connectivity index is 1.41. The number of rotatable bonds is 4. The maximum Gasteiger partial charge on any atom is 0.162 e. The fourth-order valence-electron chi connectivity index (χ4n) is 6.50. The summed E-state index contributed by atoms with van der Waals surface area (Å²) in [6, 6.07) is 52.4. The highest BCUT2D eigenvalue weighted by molar-refractivity contribution is 6.19. The van der Waals surface area contributed by atoms with Gasteiger partial charge in [-0.25, -0.2) is 9.97 Å². The summed E-state index contributed by atoms with van der Waals surface area (Å²) < 4.78 is 8.61. The molecule has 44 heavy (non-hydrogen) atoms. The van der Waals surface area contributed by atoms with Crippen LogP contribution in [-0.2, 0) is 0 Å². The monoisotopic (exact) mass is 563 g/mol. The summed E-state index contributed by atoms with van der Waals surface area (Å²) in [6.45, 7) is 0. The lowest BCUT2D eigenvalue weighted by Gasteiger charge is -2.14. The Morgan fingerprint density at radius 1 is 0.477 bits per heavy atom. The summed E-state index contributed by atoms with van der Waals surface area (Å²) in [5.74, 6) is 1.51. The normalized spacial score (nSPS) is 11.6. The first-order valence-electron chi connectivity index (χ1n) is 14.8. The molecule has 0 unspecified atom stereocenters. The van der Waals surface area contributed by atoms with E-state index in [9.17, 15) is 0 Å². The van der Waals surface area contributed by atoms with E-state index in [2.05, 4.69) is 108 Å². The molecular weight excluding hydrogens is 538 g/mol. The number of hydrogen-bond donors (Lipinski definition) is 0. The minimum atomic E-state index is 0.688. The topological polar surface area (TPSA) is 43.9 Å². The number of furan rings is 1. The minimum absolute atomic E-state index is 0.688. The third kappa shape index (κ3) is 3.78. The Bertz CT molecular complexity index is 2430. The Hall–Kier alpha value is -6.00. The van der Waals surface area contributed by atoms with Gasteiger partial charge in [0, 0.05) is 44.3 Å². The van der Waals surface area contributed by atoms with Gasteiger partial charge in [0.25, 0.3) is 0 Å². The van der Waals surface area contributed by atoms with Crippen molar-refractivity contribution in [2.45, 2.75) is 0 Å². The van der Waals surface area contributed by atoms with Gasteiger partial charge in [-0.15, -0.1) is 0 Å². The van der Waals surface area contributed by atoms with Crippen LogP contribution in [0.3, 0.4) is 0 Å². The standard InChI is InChI=1S/C40H25N3O/c1-3-13-26(14-4-1)33-25-37(42-40(41-33)27-15-5-2-6-16-27)43-34-22-9-7-17-28(34)30-20-11-21-31(39(30)43)29-19-12-24-36-38(29)32-18-8-10-23-35(32)44-36/h1-25H. The van der Waals surface area contributed by atoms with Gasteiger partial charge < -0.3 is 4.42 Å². The lowest BCUT2D eigenvalue weighted by atomic mass is 9.97. The molecule has 4 nitrogen and oxygen atoms in total. The maximum atomic E-state index is 6.30. The van der Waals surface area contributed by atoms with Crippen LogP contribution < -0.4 is 0 Å². The highest BCUT2D eigenvalue weighted by atomic mass is 16.3. The predicted molar refractivity (Wildman–Crippen MR) is 180 cm³/mol. The number of hydrogen-bond acceptors (Lipinski definition) is 3. The zero-order valence-corrected chi connectivity index (χ0v) is 23.7. The van der Waals surface area contributed by atoms with Gasteiger partial charge in [-0.2, -0.15) is 0 Å². The Morgan fingerprint density at radius 3 is 1.95 bits per heavy atom. The molecule has 0 aliphatic carbocycles. The van der Waals surface area contributed by atoms with E-state index in [1.165, 1.54) is 10.8 Å². The molecule has 0 amide bonds. The second-order valence-electron chi connectivity index (χ2n) is 11.0. The third-order valence-corrected chi connectivity index (χ3v) is 8.43. The molecule has 0 atom stereocenters. The van der Waals surface area contributed by atoms with Gasteiger partial charge in [0.2, 0.25) is 0 Å². The number of benzene rings is 6. The quantitative estimate of drug-likeness (QED) is 0.214. The van der Waals surface area contributed by atoms with E-state index in [1.54, 1.807) is 0 Å². The number of fused-ring (bicyclic) bond motifs is 6. The van der Waals surface area contributed by atoms with Gasteiger partial charge >= 0.3 is 0 Å². The van der Waals surface area contributed by atoms with E-state index in [0.29, 0.717) is 5.82 Å². The van der Waals surface area contributed by atoms with E-state index in [0.717, 1.165) is 66.7 Å². The third-order valence-electron chi connectivity index (χ3n) is 8.43. The first kappa shape index (κ1) is 24.6. The molecule has 0 saturated heterocycles. The van der Waals surface area contributed by atoms with Crippen molar-refractivity contribution in [3.63, 3.8) is 0 Å². The number of aromatic nitrogens is 3. The summed E-state index contributed by atoms with van der Waals surface area (Å²) >= 11 is 0. The summed E-state index contributed by atoms with van der Waals surface area (Å²) in [6.07, 6.45) is 0. The van der Waals surface area contributed by atoms with Crippen LogP contribution in [-0.4, -0.2) is 14.5 Å². The van der Waals surface area contributed by atoms with Crippen molar-refractivity contribution in [3.8, 4) is 39.6 Å². The second kappa shape index (κ2) is 9.79. The van der Waals surface area contributed by atoms with Crippen LogP contribution >= 0.6 is 0 Å². The molecule has 3 heterocycles. The molecule has 9 rings (SSSR count). The first-order valence-corrected chi connectivity index (χ1v) is 14.8. The maximum absolute atomic E-state index is 6.30. The van der Waals surface area contributed by atoms with Gasteiger partial charge in [0.05, 0.1) is 16.7 Å². The molecule has 0 aliphatic heterocycles. The van der Waals surface area contributed by atoms with Crippen LogP contribution in [0.1, 0.15) is 0 Å². The van der Waals surface area contributed by atoms with Crippen LogP contribution in [0, 0.1) is 0 Å². The molecule has 9 aromatic rings. The molecule has 206 valence electrons. The predicted octanol–water partition coefficient (Wildman–Crippen LogP) is 10.5. The lowest BCUT2D eigenvalue weighted by Crippen LogP contribution is -2.03. The van der Waals surface area contributed by atoms with Crippen molar-refractivity contribution in [3.05, 3.63) is 152 Å². The molecule has 0 N–H and O–H groups in total. The average Bonchev–Trinajstić information content (AvgIpc) is 3.65.